The number of carbonyl (C=O) groups is 1. The molecule has 18 heavy (non-hydrogen) atoms. The van der Waals surface area contributed by atoms with Crippen molar-refractivity contribution in [2.75, 3.05) is 7.11 Å². The highest BCUT2D eigenvalue weighted by Crippen LogP contribution is 2.22. The number of aromatic nitrogens is 2. The van der Waals surface area contributed by atoms with Crippen molar-refractivity contribution in [1.29, 1.82) is 0 Å². The molecule has 0 aliphatic rings. The summed E-state index contributed by atoms with van der Waals surface area (Å²) in [5.74, 6) is 0.142. The molecular weight excluding hydrogens is 320 g/mol. The van der Waals surface area contributed by atoms with E-state index in [1.54, 1.807) is 12.1 Å². The fourth-order valence-electron chi connectivity index (χ4n) is 1.33. The van der Waals surface area contributed by atoms with Gasteiger partial charge in [-0.05, 0) is 28.1 Å². The third-order valence-electron chi connectivity index (χ3n) is 2.19. The molecule has 0 aliphatic heterocycles. The van der Waals surface area contributed by atoms with E-state index in [1.165, 1.54) is 30.6 Å². The molecule has 0 saturated carbocycles. The highest BCUT2D eigenvalue weighted by molar-refractivity contribution is 9.11. The highest BCUT2D eigenvalue weighted by atomic mass is 79.9. The minimum Gasteiger partial charge on any atom is -0.480 e. The predicted octanol–water partition coefficient (Wildman–Crippen LogP) is 1.96. The quantitative estimate of drug-likeness (QED) is 0.805. The Morgan fingerprint density at radius 2 is 2.22 bits per heavy atom. The first-order valence-electron chi connectivity index (χ1n) is 5.01. The second kappa shape index (κ2) is 5.45. The normalized spacial score (nSPS) is 10.3. The van der Waals surface area contributed by atoms with E-state index in [9.17, 15) is 9.59 Å². The molecule has 0 spiro atoms. The largest absolute Gasteiger partial charge is 0.480 e. The molecule has 2 aromatic rings. The van der Waals surface area contributed by atoms with Crippen LogP contribution >= 0.6 is 27.3 Å². The first-order chi connectivity index (χ1) is 8.60. The van der Waals surface area contributed by atoms with Crippen LogP contribution in [-0.2, 0) is 6.54 Å². The second-order valence-corrected chi connectivity index (χ2v) is 5.86. The van der Waals surface area contributed by atoms with E-state index < -0.39 is 0 Å². The number of ketones is 1. The van der Waals surface area contributed by atoms with Crippen LogP contribution in [0.15, 0.2) is 32.8 Å². The smallest absolute Gasteiger partial charge is 0.267 e. The Labute approximate surface area is 115 Å². The summed E-state index contributed by atoms with van der Waals surface area (Å²) in [6, 6.07) is 6.29. The molecule has 0 bridgehead atoms. The summed E-state index contributed by atoms with van der Waals surface area (Å²) in [5, 5.41) is 3.92. The average Bonchev–Trinajstić information content (AvgIpc) is 2.79. The number of halogens is 1. The van der Waals surface area contributed by atoms with Gasteiger partial charge < -0.3 is 4.74 Å². The summed E-state index contributed by atoms with van der Waals surface area (Å²) in [6.07, 6.45) is 0. The molecule has 0 aliphatic carbocycles. The maximum Gasteiger partial charge on any atom is 0.267 e. The molecule has 0 aromatic carbocycles. The standard InChI is InChI=1S/C11H9BrN2O3S/c1-17-10-4-5-11(16)14(13-10)6-7(15)8-2-3-9(12)18-8/h2-5H,6H2,1H3. The van der Waals surface area contributed by atoms with E-state index in [2.05, 4.69) is 21.0 Å². The average molecular weight is 329 g/mol. The molecule has 0 atom stereocenters. The first-order valence-corrected chi connectivity index (χ1v) is 6.62. The lowest BCUT2D eigenvalue weighted by Gasteiger charge is -2.04. The molecule has 0 fully saturated rings. The van der Waals surface area contributed by atoms with E-state index in [0.29, 0.717) is 10.8 Å². The lowest BCUT2D eigenvalue weighted by Crippen LogP contribution is -2.25. The Hall–Kier alpha value is -1.47. The molecule has 0 N–H and O–H groups in total. The van der Waals surface area contributed by atoms with Crippen molar-refractivity contribution < 1.29 is 9.53 Å². The minimum atomic E-state index is -0.334. The molecule has 2 aromatic heterocycles. The molecule has 0 radical (unpaired) electrons. The fourth-order valence-corrected chi connectivity index (χ4v) is 2.65. The number of hydrogen-bond donors (Lipinski definition) is 0. The third kappa shape index (κ3) is 2.85. The van der Waals surface area contributed by atoms with E-state index in [4.69, 9.17) is 4.74 Å². The fraction of sp³-hybridized carbons (Fsp3) is 0.182. The Kier molecular flexibility index (Phi) is 3.93. The Balaban J connectivity index is 2.24. The van der Waals surface area contributed by atoms with Crippen LogP contribution in [0, 0.1) is 0 Å². The number of ether oxygens (including phenoxy) is 1. The van der Waals surface area contributed by atoms with Crippen molar-refractivity contribution in [2.45, 2.75) is 6.54 Å². The lowest BCUT2D eigenvalue weighted by atomic mass is 10.3. The van der Waals surface area contributed by atoms with Gasteiger partial charge in [0, 0.05) is 12.1 Å². The van der Waals surface area contributed by atoms with E-state index >= 15 is 0 Å². The topological polar surface area (TPSA) is 61.2 Å². The number of Topliss-reactive ketones (excluding diaryl/α,β-unsaturated/α-hetero) is 1. The zero-order valence-corrected chi connectivity index (χ0v) is 11.8. The van der Waals surface area contributed by atoms with Crippen LogP contribution in [0.25, 0.3) is 0 Å². The van der Waals surface area contributed by atoms with Crippen LogP contribution in [0.1, 0.15) is 9.67 Å². The number of nitrogens with zero attached hydrogens (tertiary/aromatic N) is 2. The van der Waals surface area contributed by atoms with Crippen LogP contribution in [0.2, 0.25) is 0 Å². The number of thiophene rings is 1. The van der Waals surface area contributed by atoms with Gasteiger partial charge in [-0.2, -0.15) is 0 Å². The van der Waals surface area contributed by atoms with Crippen molar-refractivity contribution in [1.82, 2.24) is 9.78 Å². The number of hydrogen-bond acceptors (Lipinski definition) is 5. The third-order valence-corrected chi connectivity index (χ3v) is 3.86. The predicted molar refractivity (Wildman–Crippen MR) is 71.4 cm³/mol. The van der Waals surface area contributed by atoms with Gasteiger partial charge in [-0.25, -0.2) is 4.68 Å². The van der Waals surface area contributed by atoms with Crippen LogP contribution in [-0.4, -0.2) is 22.7 Å². The summed E-state index contributed by atoms with van der Waals surface area (Å²) >= 11 is 4.61. The Bertz CT molecular complexity index is 635. The molecule has 7 heteroatoms. The Morgan fingerprint density at radius 3 is 2.83 bits per heavy atom. The molecule has 0 unspecified atom stereocenters. The van der Waals surface area contributed by atoms with Crippen molar-refractivity contribution >= 4 is 33.0 Å². The van der Waals surface area contributed by atoms with E-state index in [1.807, 2.05) is 0 Å². The van der Waals surface area contributed by atoms with Gasteiger partial charge in [0.15, 0.2) is 5.78 Å². The van der Waals surface area contributed by atoms with E-state index in [0.717, 1.165) is 8.47 Å². The number of methoxy groups -OCH3 is 1. The maximum absolute atomic E-state index is 11.9. The molecule has 0 amide bonds. The maximum atomic E-state index is 11.9. The molecule has 0 saturated heterocycles. The van der Waals surface area contributed by atoms with Crippen molar-refractivity contribution in [3.63, 3.8) is 0 Å². The summed E-state index contributed by atoms with van der Waals surface area (Å²) in [7, 11) is 1.45. The van der Waals surface area contributed by atoms with Crippen molar-refractivity contribution in [3.05, 3.63) is 43.3 Å². The van der Waals surface area contributed by atoms with Crippen LogP contribution in [0.5, 0.6) is 5.88 Å². The van der Waals surface area contributed by atoms with Gasteiger partial charge in [0.05, 0.1) is 15.8 Å². The van der Waals surface area contributed by atoms with Gasteiger partial charge in [-0.3, -0.25) is 9.59 Å². The number of rotatable bonds is 4. The van der Waals surface area contributed by atoms with Crippen LogP contribution in [0.4, 0.5) is 0 Å². The van der Waals surface area contributed by atoms with Crippen molar-refractivity contribution in [2.24, 2.45) is 0 Å². The molecule has 5 nitrogen and oxygen atoms in total. The van der Waals surface area contributed by atoms with E-state index in [-0.39, 0.29) is 17.9 Å². The van der Waals surface area contributed by atoms with Gasteiger partial charge in [-0.1, -0.05) is 0 Å². The molecular formula is C11H9BrN2O3S. The Morgan fingerprint density at radius 1 is 1.44 bits per heavy atom. The van der Waals surface area contributed by atoms with Gasteiger partial charge in [0.1, 0.15) is 6.54 Å². The summed E-state index contributed by atoms with van der Waals surface area (Å²) < 4.78 is 6.88. The summed E-state index contributed by atoms with van der Waals surface area (Å²) in [5.41, 5.74) is -0.334. The lowest BCUT2D eigenvalue weighted by molar-refractivity contribution is 0.0969. The SMILES string of the molecule is COc1ccc(=O)n(CC(=O)c2ccc(Br)s2)n1. The monoisotopic (exact) mass is 328 g/mol. The summed E-state index contributed by atoms with van der Waals surface area (Å²) in [6.45, 7) is -0.0943. The van der Waals surface area contributed by atoms with Gasteiger partial charge in [-0.15, -0.1) is 16.4 Å². The zero-order chi connectivity index (χ0) is 13.1. The number of carbonyl (C=O) groups excluding carboxylic acids is 1. The zero-order valence-electron chi connectivity index (χ0n) is 9.42. The van der Waals surface area contributed by atoms with Crippen LogP contribution < -0.4 is 10.3 Å². The van der Waals surface area contributed by atoms with Gasteiger partial charge in [0.25, 0.3) is 5.56 Å². The second-order valence-electron chi connectivity index (χ2n) is 3.40. The van der Waals surface area contributed by atoms with Gasteiger partial charge >= 0.3 is 0 Å². The van der Waals surface area contributed by atoms with Crippen molar-refractivity contribution in [3.8, 4) is 5.88 Å². The first kappa shape index (κ1) is 13.0. The van der Waals surface area contributed by atoms with Crippen LogP contribution in [0.3, 0.4) is 0 Å². The molecule has 94 valence electrons. The molecule has 2 heterocycles. The minimum absolute atomic E-state index is 0.0943. The molecule has 2 rings (SSSR count). The van der Waals surface area contributed by atoms with Gasteiger partial charge in [0.2, 0.25) is 5.88 Å². The highest BCUT2D eigenvalue weighted by Gasteiger charge is 2.11. The summed E-state index contributed by atoms with van der Waals surface area (Å²) in [4.78, 5) is 24.1.